The van der Waals surface area contributed by atoms with Crippen molar-refractivity contribution in [2.24, 2.45) is 33.8 Å². The Balaban J connectivity index is 1.68. The lowest BCUT2D eigenvalue weighted by Gasteiger charge is -2.29. The number of carbonyl (C=O) groups is 10. The van der Waals surface area contributed by atoms with Gasteiger partial charge < -0.3 is 75.5 Å². The van der Waals surface area contributed by atoms with Crippen molar-refractivity contribution < 1.29 is 53.1 Å². The second-order valence-corrected chi connectivity index (χ2v) is 19.2. The van der Waals surface area contributed by atoms with Gasteiger partial charge in [0, 0.05) is 25.9 Å². The highest BCUT2D eigenvalue weighted by molar-refractivity contribution is 7.98. The molecule has 1 fully saturated rings. The van der Waals surface area contributed by atoms with Crippen LogP contribution in [-0.4, -0.2) is 168 Å². The van der Waals surface area contributed by atoms with E-state index in [1.807, 2.05) is 0 Å². The van der Waals surface area contributed by atoms with Gasteiger partial charge in [-0.3, -0.25) is 52.9 Å². The molecular weight excluding hydrogens is 993 g/mol. The number of hydrogen-bond donors (Lipinski definition) is 13. The van der Waals surface area contributed by atoms with Gasteiger partial charge in [-0.25, -0.2) is 0 Å². The first-order chi connectivity index (χ1) is 35.6. The average Bonchev–Trinajstić information content (AvgIpc) is 3.88. The Labute approximate surface area is 440 Å². The van der Waals surface area contributed by atoms with Crippen molar-refractivity contribution >= 4 is 76.8 Å². The lowest BCUT2D eigenvalue weighted by Crippen LogP contribution is -2.58. The van der Waals surface area contributed by atoms with Crippen LogP contribution in [0.15, 0.2) is 65.7 Å². The first kappa shape index (κ1) is 62.0. The fourth-order valence-electron chi connectivity index (χ4n) is 7.67. The number of aliphatic hydroxyl groups is 1. The molecule has 2 aromatic carbocycles. The Morgan fingerprint density at radius 1 is 0.667 bits per heavy atom. The van der Waals surface area contributed by atoms with E-state index < -0.39 is 121 Å². The fraction of sp³-hybridized carbons (Fsp3) is 0.531. The number of nitrogens with one attached hydrogen (secondary N) is 8. The van der Waals surface area contributed by atoms with Crippen LogP contribution in [0, 0.1) is 5.92 Å². The van der Waals surface area contributed by atoms with E-state index in [0.29, 0.717) is 42.7 Å². The lowest BCUT2D eigenvalue weighted by atomic mass is 10.0. The Morgan fingerprint density at radius 3 is 1.69 bits per heavy atom. The van der Waals surface area contributed by atoms with Crippen molar-refractivity contribution in [1.29, 1.82) is 0 Å². The minimum atomic E-state index is -1.56. The fourth-order valence-corrected chi connectivity index (χ4v) is 8.15. The predicted octanol–water partition coefficient (Wildman–Crippen LogP) is -4.11. The summed E-state index contributed by atoms with van der Waals surface area (Å²) in [5.74, 6) is -7.33. The maximum absolute atomic E-state index is 14.1. The second kappa shape index (κ2) is 32.1. The smallest absolute Gasteiger partial charge is 0.245 e. The van der Waals surface area contributed by atoms with Crippen molar-refractivity contribution in [2.45, 2.75) is 114 Å². The molecule has 0 radical (unpaired) electrons. The van der Waals surface area contributed by atoms with E-state index in [2.05, 4.69) is 47.5 Å². The van der Waals surface area contributed by atoms with Gasteiger partial charge >= 0.3 is 0 Å². The lowest BCUT2D eigenvalue weighted by molar-refractivity contribution is -0.141. The van der Waals surface area contributed by atoms with E-state index in [4.69, 9.17) is 22.9 Å². The van der Waals surface area contributed by atoms with Crippen LogP contribution in [0.4, 0.5) is 0 Å². The number of guanidine groups is 1. The Bertz CT molecular complexity index is 2290. The number of likely N-dealkylation sites (tertiary alicyclic amines) is 1. The molecule has 17 N–H and O–H groups in total. The van der Waals surface area contributed by atoms with E-state index in [1.54, 1.807) is 80.8 Å². The van der Waals surface area contributed by atoms with Crippen LogP contribution in [0.25, 0.3) is 0 Å². The zero-order valence-corrected chi connectivity index (χ0v) is 43.6. The minimum Gasteiger partial charge on any atom is -0.394 e. The summed E-state index contributed by atoms with van der Waals surface area (Å²) in [5.41, 5.74) is 23.5. The van der Waals surface area contributed by atoms with E-state index in [0.717, 1.165) is 0 Å². The van der Waals surface area contributed by atoms with Crippen molar-refractivity contribution in [3.05, 3.63) is 71.8 Å². The van der Waals surface area contributed by atoms with Gasteiger partial charge in [-0.2, -0.15) is 11.8 Å². The zero-order valence-electron chi connectivity index (χ0n) is 42.8. The quantitative estimate of drug-likeness (QED) is 0.0194. The molecule has 1 aliphatic heterocycles. The van der Waals surface area contributed by atoms with Crippen LogP contribution in [-0.2, 0) is 60.8 Å². The summed E-state index contributed by atoms with van der Waals surface area (Å²) in [5, 5.41) is 30.2. The van der Waals surface area contributed by atoms with Crippen molar-refractivity contribution in [2.75, 3.05) is 44.8 Å². The number of amides is 10. The molecule has 10 amide bonds. The van der Waals surface area contributed by atoms with Gasteiger partial charge in [0.2, 0.25) is 59.1 Å². The standard InChI is InChI=1S/C49H74N14O11S/c1-28(2)40(50)48(74)63-21-12-18-37(63)47(73)57-29(3)42(68)62-36(27-64)44(70)56-26-39(66)59-35(24-31-15-9-6-10-16-31)46(72)61-34(23-30-13-7-5-8-14-30)43(69)55-25-38(65)58-33(19-22-75-4)45(71)60-32(41(51)67)17-11-20-54-49(52)53/h5-10,13-16,28-29,32-37,40,64H,11-12,17-27,50H2,1-4H3,(H2,51,67)(H,55,69)(H,56,70)(H,57,73)(H,58,65)(H,59,66)(H,60,71)(H,61,72)(H,62,68)(H4,52,53,54)/t29-,32-,33-,34-,35-,36-,37-,40-/m0/s1. The molecular formula is C49H74N14O11S. The van der Waals surface area contributed by atoms with Crippen LogP contribution in [0.3, 0.4) is 0 Å². The Hall–Kier alpha value is -7.32. The van der Waals surface area contributed by atoms with Crippen LogP contribution < -0.4 is 65.5 Å². The summed E-state index contributed by atoms with van der Waals surface area (Å²) >= 11 is 1.41. The van der Waals surface area contributed by atoms with E-state index in [9.17, 15) is 53.1 Å². The third-order valence-corrected chi connectivity index (χ3v) is 12.6. The van der Waals surface area contributed by atoms with Crippen molar-refractivity contribution in [3.63, 3.8) is 0 Å². The number of aliphatic hydroxyl groups excluding tert-OH is 1. The monoisotopic (exact) mass is 1070 g/mol. The Kier molecular flexibility index (Phi) is 26.5. The maximum atomic E-state index is 14.1. The topological polar surface area (TPSA) is 407 Å². The number of primary amides is 1. The molecule has 75 heavy (non-hydrogen) atoms. The Morgan fingerprint density at radius 2 is 1.17 bits per heavy atom. The number of nitrogens with two attached hydrogens (primary N) is 4. The van der Waals surface area contributed by atoms with Crippen LogP contribution in [0.1, 0.15) is 64.0 Å². The van der Waals surface area contributed by atoms with Gasteiger partial charge in [-0.1, -0.05) is 74.5 Å². The maximum Gasteiger partial charge on any atom is 0.245 e. The second-order valence-electron chi connectivity index (χ2n) is 18.2. The summed E-state index contributed by atoms with van der Waals surface area (Å²) < 4.78 is 0. The van der Waals surface area contributed by atoms with Crippen LogP contribution in [0.5, 0.6) is 0 Å². The van der Waals surface area contributed by atoms with E-state index in [-0.39, 0.29) is 50.0 Å². The number of rotatable bonds is 31. The SMILES string of the molecule is CSCC[C@H](NC(=O)CNC(=O)[C@H](Cc1ccccc1)NC(=O)[C@H](Cc1ccccc1)NC(=O)CNC(=O)[C@H](CO)NC(=O)[C@H](C)NC(=O)[C@@H]1CCCN1C(=O)[C@@H](N)C(C)C)C(=O)N[C@@H](CCCN=C(N)N)C(N)=O. The van der Waals surface area contributed by atoms with E-state index in [1.165, 1.54) is 23.6 Å². The molecule has 1 aliphatic rings. The molecule has 1 heterocycles. The van der Waals surface area contributed by atoms with Gasteiger partial charge in [-0.15, -0.1) is 0 Å². The highest BCUT2D eigenvalue weighted by Gasteiger charge is 2.38. The minimum absolute atomic E-state index is 0.0548. The van der Waals surface area contributed by atoms with E-state index >= 15 is 0 Å². The van der Waals surface area contributed by atoms with Gasteiger partial charge in [0.15, 0.2) is 5.96 Å². The molecule has 8 atom stereocenters. The predicted molar refractivity (Wildman–Crippen MR) is 280 cm³/mol. The molecule has 0 aromatic heterocycles. The number of benzene rings is 2. The molecule has 3 rings (SSSR count). The van der Waals surface area contributed by atoms with Gasteiger partial charge in [0.05, 0.1) is 25.7 Å². The van der Waals surface area contributed by atoms with Crippen LogP contribution in [0.2, 0.25) is 0 Å². The summed E-state index contributed by atoms with van der Waals surface area (Å²) in [4.78, 5) is 138. The molecule has 25 nitrogen and oxygen atoms in total. The number of aliphatic imine (C=N–C) groups is 1. The molecule has 0 bridgehead atoms. The third kappa shape index (κ3) is 21.6. The number of nitrogens with zero attached hydrogens (tertiary/aromatic N) is 2. The largest absolute Gasteiger partial charge is 0.394 e. The zero-order chi connectivity index (χ0) is 55.6. The highest BCUT2D eigenvalue weighted by Crippen LogP contribution is 2.20. The summed E-state index contributed by atoms with van der Waals surface area (Å²) in [6, 6.07) is 7.98. The number of carbonyl (C=O) groups excluding carboxylic acids is 10. The normalized spacial score (nSPS) is 15.8. The first-order valence-electron chi connectivity index (χ1n) is 24.6. The third-order valence-electron chi connectivity index (χ3n) is 12.0. The van der Waals surface area contributed by atoms with Crippen molar-refractivity contribution in [1.82, 2.24) is 47.4 Å². The molecule has 0 aliphatic carbocycles. The van der Waals surface area contributed by atoms with Gasteiger partial charge in [0.1, 0.15) is 42.3 Å². The summed E-state index contributed by atoms with van der Waals surface area (Å²) in [6.45, 7) is 3.21. The summed E-state index contributed by atoms with van der Waals surface area (Å²) in [6.07, 6.45) is 3.19. The van der Waals surface area contributed by atoms with Crippen LogP contribution >= 0.6 is 11.8 Å². The molecule has 412 valence electrons. The average molecular weight is 1070 g/mol. The molecule has 1 saturated heterocycles. The number of hydrogen-bond acceptors (Lipinski definition) is 14. The summed E-state index contributed by atoms with van der Waals surface area (Å²) in [7, 11) is 0. The number of thioether (sulfide) groups is 1. The molecule has 0 saturated carbocycles. The van der Waals surface area contributed by atoms with Gasteiger partial charge in [0.25, 0.3) is 0 Å². The molecule has 0 spiro atoms. The van der Waals surface area contributed by atoms with Crippen molar-refractivity contribution in [3.8, 4) is 0 Å². The molecule has 2 aromatic rings. The first-order valence-corrected chi connectivity index (χ1v) is 26.0. The molecule has 26 heteroatoms. The highest BCUT2D eigenvalue weighted by atomic mass is 32.2. The van der Waals surface area contributed by atoms with Gasteiger partial charge in [-0.05, 0) is 68.1 Å². The molecule has 0 unspecified atom stereocenters.